The summed E-state index contributed by atoms with van der Waals surface area (Å²) >= 11 is 0. The van der Waals surface area contributed by atoms with E-state index < -0.39 is 21.4 Å². The van der Waals surface area contributed by atoms with E-state index in [4.69, 9.17) is 0 Å². The van der Waals surface area contributed by atoms with Gasteiger partial charge in [-0.05, 0) is 37.5 Å². The van der Waals surface area contributed by atoms with Gasteiger partial charge in [-0.2, -0.15) is 4.31 Å². The lowest BCUT2D eigenvalue weighted by Gasteiger charge is -2.21. The highest BCUT2D eigenvalue weighted by atomic mass is 32.2. The fourth-order valence-electron chi connectivity index (χ4n) is 2.25. The van der Waals surface area contributed by atoms with Crippen molar-refractivity contribution in [3.8, 4) is 0 Å². The Morgan fingerprint density at radius 3 is 2.63 bits per heavy atom. The number of sulfonamides is 1. The van der Waals surface area contributed by atoms with E-state index in [1.807, 2.05) is 0 Å². The number of β-amino-alcohol motifs (C(OH)–C–C–N with tert-alkyl or cyclic N) is 1. The average Bonchev–Trinajstić information content (AvgIpc) is 2.57. The molecule has 1 aliphatic heterocycles. The Hall–Kier alpha value is -0.980. The van der Waals surface area contributed by atoms with Gasteiger partial charge in [0.2, 0.25) is 10.0 Å². The molecule has 1 saturated heterocycles. The second-order valence-electron chi connectivity index (χ2n) is 5.47. The maximum Gasteiger partial charge on any atom is 0.243 e. The van der Waals surface area contributed by atoms with Crippen molar-refractivity contribution in [1.29, 1.82) is 0 Å². The first kappa shape index (κ1) is 14.4. The third-order valence-corrected chi connectivity index (χ3v) is 5.76. The van der Waals surface area contributed by atoms with Gasteiger partial charge in [0.15, 0.2) is 0 Å². The van der Waals surface area contributed by atoms with E-state index >= 15 is 0 Å². The van der Waals surface area contributed by atoms with Crippen LogP contribution in [0.4, 0.5) is 4.39 Å². The summed E-state index contributed by atoms with van der Waals surface area (Å²) in [5.41, 5.74) is -0.547. The number of halogens is 1. The fourth-order valence-corrected chi connectivity index (χ4v) is 4.12. The largest absolute Gasteiger partial charge is 0.388 e. The Morgan fingerprint density at radius 2 is 2.11 bits per heavy atom. The van der Waals surface area contributed by atoms with Gasteiger partial charge in [-0.1, -0.05) is 13.0 Å². The Bertz CT molecular complexity index is 598. The first-order chi connectivity index (χ1) is 8.64. The van der Waals surface area contributed by atoms with Gasteiger partial charge in [0, 0.05) is 13.1 Å². The number of aliphatic hydroxyl groups is 1. The maximum absolute atomic E-state index is 13.3. The highest BCUT2D eigenvalue weighted by Gasteiger charge is 2.44. The third-order valence-electron chi connectivity index (χ3n) is 3.80. The molecule has 0 bridgehead atoms. The second kappa shape index (κ2) is 4.54. The molecule has 19 heavy (non-hydrogen) atoms. The SMILES string of the molecule is Cc1ccc(F)cc1S(=O)(=O)N1C[C@H](C)[C@](C)(O)C1. The summed E-state index contributed by atoms with van der Waals surface area (Å²) in [4.78, 5) is -0.0302. The molecule has 0 unspecified atom stereocenters. The molecule has 0 spiro atoms. The van der Waals surface area contributed by atoms with Crippen molar-refractivity contribution in [3.05, 3.63) is 29.6 Å². The number of nitrogens with zero attached hydrogens (tertiary/aromatic N) is 1. The molecule has 0 amide bonds. The van der Waals surface area contributed by atoms with Crippen molar-refractivity contribution in [2.45, 2.75) is 31.3 Å². The van der Waals surface area contributed by atoms with Crippen molar-refractivity contribution in [2.75, 3.05) is 13.1 Å². The standard InChI is InChI=1S/C13H18FNO3S/c1-9-4-5-11(14)6-12(9)19(17,18)15-7-10(2)13(3,16)8-15/h4-6,10,16H,7-8H2,1-3H3/t10-,13+/m0/s1. The summed E-state index contributed by atoms with van der Waals surface area (Å²) in [5, 5.41) is 10.1. The maximum atomic E-state index is 13.3. The normalized spacial score (nSPS) is 28.8. The molecule has 2 atom stereocenters. The number of hydrogen-bond acceptors (Lipinski definition) is 3. The molecule has 0 radical (unpaired) electrons. The quantitative estimate of drug-likeness (QED) is 0.897. The average molecular weight is 287 g/mol. The first-order valence-corrected chi connectivity index (χ1v) is 7.57. The van der Waals surface area contributed by atoms with Crippen LogP contribution in [0.25, 0.3) is 0 Å². The number of benzene rings is 1. The monoisotopic (exact) mass is 287 g/mol. The van der Waals surface area contributed by atoms with Gasteiger partial charge in [0.25, 0.3) is 0 Å². The van der Waals surface area contributed by atoms with Crippen molar-refractivity contribution in [1.82, 2.24) is 4.31 Å². The van der Waals surface area contributed by atoms with Crippen LogP contribution in [-0.2, 0) is 10.0 Å². The molecule has 1 N–H and O–H groups in total. The number of rotatable bonds is 2. The molecule has 2 rings (SSSR count). The summed E-state index contributed by atoms with van der Waals surface area (Å²) in [6.45, 7) is 5.32. The van der Waals surface area contributed by atoms with E-state index in [0.29, 0.717) is 5.56 Å². The minimum atomic E-state index is -3.76. The van der Waals surface area contributed by atoms with Crippen LogP contribution in [0.15, 0.2) is 23.1 Å². The summed E-state index contributed by atoms with van der Waals surface area (Å²) in [6.07, 6.45) is 0. The van der Waals surface area contributed by atoms with Crippen molar-refractivity contribution < 1.29 is 17.9 Å². The molecular formula is C13H18FNO3S. The predicted molar refractivity (Wildman–Crippen MR) is 69.7 cm³/mol. The van der Waals surface area contributed by atoms with Crippen molar-refractivity contribution >= 4 is 10.0 Å². The predicted octanol–water partition coefficient (Wildman–Crippen LogP) is 1.53. The van der Waals surface area contributed by atoms with Crippen LogP contribution in [0, 0.1) is 18.7 Å². The summed E-state index contributed by atoms with van der Waals surface area (Å²) in [5.74, 6) is -0.737. The van der Waals surface area contributed by atoms with E-state index in [0.717, 1.165) is 6.07 Å². The molecular weight excluding hydrogens is 269 g/mol. The molecule has 1 aliphatic rings. The van der Waals surface area contributed by atoms with Crippen LogP contribution in [-0.4, -0.2) is 36.5 Å². The van der Waals surface area contributed by atoms with Gasteiger partial charge in [-0.3, -0.25) is 0 Å². The highest BCUT2D eigenvalue weighted by Crippen LogP contribution is 2.32. The molecule has 106 valence electrons. The van der Waals surface area contributed by atoms with Crippen LogP contribution in [0.2, 0.25) is 0 Å². The van der Waals surface area contributed by atoms with Crippen LogP contribution in [0.1, 0.15) is 19.4 Å². The molecule has 0 aromatic heterocycles. The Morgan fingerprint density at radius 1 is 1.47 bits per heavy atom. The van der Waals surface area contributed by atoms with Gasteiger partial charge in [-0.15, -0.1) is 0 Å². The minimum absolute atomic E-state index is 0.0302. The molecule has 1 fully saturated rings. The molecule has 1 heterocycles. The minimum Gasteiger partial charge on any atom is -0.388 e. The molecule has 4 nitrogen and oxygen atoms in total. The number of aryl methyl sites for hydroxylation is 1. The van der Waals surface area contributed by atoms with E-state index in [1.165, 1.54) is 16.4 Å². The Labute approximate surface area is 112 Å². The van der Waals surface area contributed by atoms with E-state index in [9.17, 15) is 17.9 Å². The van der Waals surface area contributed by atoms with Gasteiger partial charge >= 0.3 is 0 Å². The highest BCUT2D eigenvalue weighted by molar-refractivity contribution is 7.89. The van der Waals surface area contributed by atoms with E-state index in [1.54, 1.807) is 20.8 Å². The van der Waals surface area contributed by atoms with Crippen molar-refractivity contribution in [2.24, 2.45) is 5.92 Å². The topological polar surface area (TPSA) is 57.6 Å². The zero-order chi connectivity index (χ0) is 14.4. The molecule has 0 aliphatic carbocycles. The second-order valence-corrected chi connectivity index (χ2v) is 7.37. The zero-order valence-corrected chi connectivity index (χ0v) is 12.0. The van der Waals surface area contributed by atoms with Crippen molar-refractivity contribution in [3.63, 3.8) is 0 Å². The van der Waals surface area contributed by atoms with Crippen LogP contribution >= 0.6 is 0 Å². The van der Waals surface area contributed by atoms with E-state index in [-0.39, 0.29) is 23.9 Å². The van der Waals surface area contributed by atoms with Gasteiger partial charge in [-0.25, -0.2) is 12.8 Å². The van der Waals surface area contributed by atoms with Gasteiger partial charge in [0.05, 0.1) is 10.5 Å². The van der Waals surface area contributed by atoms with Gasteiger partial charge < -0.3 is 5.11 Å². The Kier molecular flexibility index (Phi) is 3.45. The molecule has 0 saturated carbocycles. The number of hydrogen-bond donors (Lipinski definition) is 1. The smallest absolute Gasteiger partial charge is 0.243 e. The molecule has 1 aromatic carbocycles. The van der Waals surface area contributed by atoms with Gasteiger partial charge in [0.1, 0.15) is 5.82 Å². The van der Waals surface area contributed by atoms with Crippen LogP contribution < -0.4 is 0 Å². The lowest BCUT2D eigenvalue weighted by Crippen LogP contribution is -2.35. The first-order valence-electron chi connectivity index (χ1n) is 6.13. The summed E-state index contributed by atoms with van der Waals surface area (Å²) < 4.78 is 39.5. The van der Waals surface area contributed by atoms with Crippen LogP contribution in [0.3, 0.4) is 0 Å². The lowest BCUT2D eigenvalue weighted by molar-refractivity contribution is 0.0404. The molecule has 6 heteroatoms. The molecule has 1 aromatic rings. The third kappa shape index (κ3) is 2.52. The summed E-state index contributed by atoms with van der Waals surface area (Å²) in [7, 11) is -3.76. The Balaban J connectivity index is 2.42. The zero-order valence-electron chi connectivity index (χ0n) is 11.2. The summed E-state index contributed by atoms with van der Waals surface area (Å²) in [6, 6.07) is 3.71. The van der Waals surface area contributed by atoms with Crippen LogP contribution in [0.5, 0.6) is 0 Å². The fraction of sp³-hybridized carbons (Fsp3) is 0.538. The lowest BCUT2D eigenvalue weighted by atomic mass is 9.95. The van der Waals surface area contributed by atoms with E-state index in [2.05, 4.69) is 0 Å².